The van der Waals surface area contributed by atoms with Gasteiger partial charge in [0.05, 0.1) is 30.7 Å². The Morgan fingerprint density at radius 1 is 0.814 bits per heavy atom. The van der Waals surface area contributed by atoms with Crippen molar-refractivity contribution in [1.82, 2.24) is 5.32 Å². The van der Waals surface area contributed by atoms with Crippen LogP contribution >= 0.6 is 35.0 Å². The first-order valence-electron chi connectivity index (χ1n) is 12.8. The van der Waals surface area contributed by atoms with Crippen molar-refractivity contribution in [2.75, 3.05) is 30.6 Å². The number of halogens is 2. The van der Waals surface area contributed by atoms with E-state index in [9.17, 15) is 14.4 Å². The van der Waals surface area contributed by atoms with Gasteiger partial charge in [-0.3, -0.25) is 14.4 Å². The van der Waals surface area contributed by atoms with E-state index >= 15 is 0 Å². The molecule has 0 spiro atoms. The molecule has 4 aromatic rings. The zero-order valence-electron chi connectivity index (χ0n) is 23.2. The van der Waals surface area contributed by atoms with E-state index < -0.39 is 11.8 Å². The number of benzene rings is 4. The van der Waals surface area contributed by atoms with Crippen LogP contribution in [0.4, 0.5) is 11.4 Å². The normalized spacial score (nSPS) is 10.9. The largest absolute Gasteiger partial charge is 0.493 e. The molecule has 0 aliphatic rings. The standard InChI is InChI=1S/C32H27Cl2N3O5S/c1-41-28-15-8-20(17-29(28)42-2)16-27(37-31(39)21-6-4-3-5-7-21)32(40)35-23-10-12-24(13-11-23)43-19-30(38)36-26-18-22(33)9-14-25(26)34/h3-18H,19H2,1-2H3,(H,35,40)(H,36,38)(H,37,39)/b27-16-. The van der Waals surface area contributed by atoms with Crippen LogP contribution in [0.2, 0.25) is 10.0 Å². The van der Waals surface area contributed by atoms with Crippen molar-refractivity contribution in [2.24, 2.45) is 0 Å². The summed E-state index contributed by atoms with van der Waals surface area (Å²) < 4.78 is 10.7. The minimum Gasteiger partial charge on any atom is -0.493 e. The summed E-state index contributed by atoms with van der Waals surface area (Å²) in [6.45, 7) is 0. The van der Waals surface area contributed by atoms with Gasteiger partial charge in [0.2, 0.25) is 5.91 Å². The summed E-state index contributed by atoms with van der Waals surface area (Å²) in [4.78, 5) is 39.5. The minimum absolute atomic E-state index is 0.0240. The van der Waals surface area contributed by atoms with Gasteiger partial charge < -0.3 is 25.4 Å². The van der Waals surface area contributed by atoms with E-state index in [-0.39, 0.29) is 17.4 Å². The lowest BCUT2D eigenvalue weighted by Gasteiger charge is -2.13. The zero-order chi connectivity index (χ0) is 30.8. The summed E-state index contributed by atoms with van der Waals surface area (Å²) in [5, 5.41) is 9.12. The van der Waals surface area contributed by atoms with Gasteiger partial charge in [-0.1, -0.05) is 47.5 Å². The molecular weight excluding hydrogens is 609 g/mol. The molecule has 220 valence electrons. The molecule has 0 unspecified atom stereocenters. The van der Waals surface area contributed by atoms with E-state index in [1.165, 1.54) is 26.0 Å². The van der Waals surface area contributed by atoms with Crippen LogP contribution in [0, 0.1) is 0 Å². The van der Waals surface area contributed by atoms with Gasteiger partial charge in [0.25, 0.3) is 11.8 Å². The predicted octanol–water partition coefficient (Wildman–Crippen LogP) is 7.15. The van der Waals surface area contributed by atoms with E-state index in [0.717, 1.165) is 4.90 Å². The molecule has 0 saturated heterocycles. The molecule has 4 aromatic carbocycles. The molecule has 4 rings (SSSR count). The fraction of sp³-hybridized carbons (Fsp3) is 0.0938. The number of carbonyl (C=O) groups is 3. The molecule has 0 atom stereocenters. The van der Waals surface area contributed by atoms with Gasteiger partial charge in [-0.05, 0) is 78.4 Å². The summed E-state index contributed by atoms with van der Waals surface area (Å²) in [5.41, 5.74) is 1.97. The Kier molecular flexibility index (Phi) is 11.1. The Labute approximate surface area is 263 Å². The zero-order valence-corrected chi connectivity index (χ0v) is 25.5. The van der Waals surface area contributed by atoms with Gasteiger partial charge in [-0.2, -0.15) is 0 Å². The third-order valence-electron chi connectivity index (χ3n) is 5.93. The monoisotopic (exact) mass is 635 g/mol. The van der Waals surface area contributed by atoms with E-state index in [1.807, 2.05) is 0 Å². The maximum Gasteiger partial charge on any atom is 0.272 e. The van der Waals surface area contributed by atoms with Gasteiger partial charge >= 0.3 is 0 Å². The number of thioether (sulfide) groups is 1. The molecule has 43 heavy (non-hydrogen) atoms. The van der Waals surface area contributed by atoms with E-state index in [1.54, 1.807) is 97.1 Å². The number of amides is 3. The van der Waals surface area contributed by atoms with Crippen LogP contribution in [-0.2, 0) is 9.59 Å². The van der Waals surface area contributed by atoms with Crippen molar-refractivity contribution in [3.8, 4) is 11.5 Å². The Morgan fingerprint density at radius 2 is 1.53 bits per heavy atom. The van der Waals surface area contributed by atoms with Crippen LogP contribution in [0.1, 0.15) is 15.9 Å². The number of rotatable bonds is 11. The summed E-state index contributed by atoms with van der Waals surface area (Å²) in [6, 6.07) is 25.5. The first kappa shape index (κ1) is 31.5. The number of hydrogen-bond acceptors (Lipinski definition) is 6. The Morgan fingerprint density at radius 3 is 2.23 bits per heavy atom. The summed E-state index contributed by atoms with van der Waals surface area (Å²) >= 11 is 13.4. The summed E-state index contributed by atoms with van der Waals surface area (Å²) in [7, 11) is 3.04. The lowest BCUT2D eigenvalue weighted by Crippen LogP contribution is -2.30. The number of hydrogen-bond donors (Lipinski definition) is 3. The molecule has 0 saturated carbocycles. The lowest BCUT2D eigenvalue weighted by atomic mass is 10.1. The van der Waals surface area contributed by atoms with Gasteiger partial charge in [0.1, 0.15) is 5.70 Å². The van der Waals surface area contributed by atoms with Gasteiger partial charge in [-0.15, -0.1) is 11.8 Å². The maximum atomic E-state index is 13.4. The number of carbonyl (C=O) groups excluding carboxylic acids is 3. The fourth-order valence-corrected chi connectivity index (χ4v) is 4.85. The molecule has 0 radical (unpaired) electrons. The van der Waals surface area contributed by atoms with Gasteiger partial charge in [0.15, 0.2) is 11.5 Å². The highest BCUT2D eigenvalue weighted by atomic mass is 35.5. The Balaban J connectivity index is 1.45. The third kappa shape index (κ3) is 9.02. The van der Waals surface area contributed by atoms with Gasteiger partial charge in [0, 0.05) is 21.2 Å². The topological polar surface area (TPSA) is 106 Å². The SMILES string of the molecule is COc1ccc(/C=C(\NC(=O)c2ccccc2)C(=O)Nc2ccc(SCC(=O)Nc3cc(Cl)ccc3Cl)cc2)cc1OC. The van der Waals surface area contributed by atoms with Crippen molar-refractivity contribution >= 4 is 70.1 Å². The van der Waals surface area contributed by atoms with Crippen molar-refractivity contribution in [3.05, 3.63) is 118 Å². The summed E-state index contributed by atoms with van der Waals surface area (Å²) in [5.74, 6) is -0.0712. The molecule has 0 heterocycles. The molecule has 3 amide bonds. The minimum atomic E-state index is -0.530. The lowest BCUT2D eigenvalue weighted by molar-refractivity contribution is -0.114. The quantitative estimate of drug-likeness (QED) is 0.119. The number of ether oxygens (including phenoxy) is 2. The average molecular weight is 637 g/mol. The number of anilines is 2. The first-order chi connectivity index (χ1) is 20.7. The predicted molar refractivity (Wildman–Crippen MR) is 172 cm³/mol. The molecule has 11 heteroatoms. The van der Waals surface area contributed by atoms with Crippen molar-refractivity contribution in [1.29, 1.82) is 0 Å². The smallest absolute Gasteiger partial charge is 0.272 e. The second kappa shape index (κ2) is 15.2. The van der Waals surface area contributed by atoms with E-state index in [4.69, 9.17) is 32.7 Å². The molecule has 3 N–H and O–H groups in total. The van der Waals surface area contributed by atoms with Crippen molar-refractivity contribution < 1.29 is 23.9 Å². The first-order valence-corrected chi connectivity index (χ1v) is 14.6. The van der Waals surface area contributed by atoms with Crippen LogP contribution in [0.5, 0.6) is 11.5 Å². The van der Waals surface area contributed by atoms with Crippen molar-refractivity contribution in [2.45, 2.75) is 4.90 Å². The van der Waals surface area contributed by atoms with Crippen LogP contribution in [0.3, 0.4) is 0 Å². The van der Waals surface area contributed by atoms with E-state index in [2.05, 4.69) is 16.0 Å². The van der Waals surface area contributed by atoms with Crippen LogP contribution < -0.4 is 25.4 Å². The maximum absolute atomic E-state index is 13.4. The molecular formula is C32H27Cl2N3O5S. The average Bonchev–Trinajstić information content (AvgIpc) is 3.02. The highest BCUT2D eigenvalue weighted by Crippen LogP contribution is 2.29. The molecule has 0 bridgehead atoms. The summed E-state index contributed by atoms with van der Waals surface area (Å²) in [6.07, 6.45) is 1.55. The second-order valence-electron chi connectivity index (χ2n) is 8.93. The van der Waals surface area contributed by atoms with Crippen molar-refractivity contribution in [3.63, 3.8) is 0 Å². The highest BCUT2D eigenvalue weighted by Gasteiger charge is 2.16. The molecule has 0 fully saturated rings. The van der Waals surface area contributed by atoms with Crippen LogP contribution in [-0.4, -0.2) is 37.7 Å². The highest BCUT2D eigenvalue weighted by molar-refractivity contribution is 8.00. The van der Waals surface area contributed by atoms with Gasteiger partial charge in [-0.25, -0.2) is 0 Å². The molecule has 8 nitrogen and oxygen atoms in total. The van der Waals surface area contributed by atoms with Crippen LogP contribution in [0.15, 0.2) is 102 Å². The molecule has 0 aliphatic carbocycles. The molecule has 0 aromatic heterocycles. The Hall–Kier alpha value is -4.44. The fourth-order valence-electron chi connectivity index (χ4n) is 3.81. The van der Waals surface area contributed by atoms with E-state index in [0.29, 0.717) is 44.0 Å². The number of methoxy groups -OCH3 is 2. The Bertz CT molecular complexity index is 1650. The third-order valence-corrected chi connectivity index (χ3v) is 7.51. The second-order valence-corrected chi connectivity index (χ2v) is 10.8. The number of nitrogens with one attached hydrogen (secondary N) is 3. The van der Waals surface area contributed by atoms with Crippen LogP contribution in [0.25, 0.3) is 6.08 Å². The molecule has 0 aliphatic heterocycles.